The lowest BCUT2D eigenvalue weighted by Gasteiger charge is -2.06. The number of nitrogens with zero attached hydrogens (tertiary/aromatic N) is 2. The van der Waals surface area contributed by atoms with Gasteiger partial charge in [-0.3, -0.25) is 4.57 Å². The Labute approximate surface area is 200 Å². The van der Waals surface area contributed by atoms with Crippen LogP contribution in [0.15, 0.2) is 101 Å². The van der Waals surface area contributed by atoms with Gasteiger partial charge in [0, 0.05) is 34.7 Å². The van der Waals surface area contributed by atoms with E-state index in [1.807, 2.05) is 55.6 Å². The molecule has 0 saturated carbocycles. The van der Waals surface area contributed by atoms with Gasteiger partial charge in [-0.15, -0.1) is 0 Å². The van der Waals surface area contributed by atoms with E-state index in [0.29, 0.717) is 5.52 Å². The topological polar surface area (TPSA) is 73.1 Å². The Morgan fingerprint density at radius 3 is 2.06 bits per heavy atom. The Morgan fingerprint density at radius 2 is 1.39 bits per heavy atom. The lowest BCUT2D eigenvalue weighted by molar-refractivity contribution is 0.245. The monoisotopic (exact) mass is 523 g/mol. The highest BCUT2D eigenvalue weighted by molar-refractivity contribution is 9.10. The lowest BCUT2D eigenvalue weighted by atomic mass is 10.2. The molecule has 0 aliphatic carbocycles. The molecule has 0 unspecified atom stereocenters. The van der Waals surface area contributed by atoms with Crippen LogP contribution in [0.5, 0.6) is 0 Å². The van der Waals surface area contributed by atoms with Gasteiger partial charge in [-0.1, -0.05) is 54.6 Å². The third kappa shape index (κ3) is 4.31. The second-order valence-corrected chi connectivity index (χ2v) is 10.0. The molecular weight excluding hydrogens is 502 g/mol. The van der Waals surface area contributed by atoms with Gasteiger partial charge in [0.1, 0.15) is 0 Å². The van der Waals surface area contributed by atoms with Gasteiger partial charge in [0.2, 0.25) is 0 Å². The molecule has 0 aliphatic rings. The van der Waals surface area contributed by atoms with Crippen molar-refractivity contribution in [2.24, 2.45) is 0 Å². The molecule has 6 nitrogen and oxygen atoms in total. The number of carbonyl (C=O) groups excluding carboxylic acids is 1. The van der Waals surface area contributed by atoms with Crippen LogP contribution in [0.4, 0.5) is 4.79 Å². The highest BCUT2D eigenvalue weighted by Crippen LogP contribution is 2.29. The number of para-hydroxylation sites is 2. The largest absolute Gasteiger partial charge is 0.340 e. The fraction of sp³-hybridized carbons (Fsp3) is 0.0800. The number of nitrogens with one attached hydrogen (secondary N) is 1. The Kier molecular flexibility index (Phi) is 6.40. The van der Waals surface area contributed by atoms with Gasteiger partial charge in [0.15, 0.2) is 0 Å². The van der Waals surface area contributed by atoms with Crippen LogP contribution in [0.25, 0.3) is 21.8 Å². The van der Waals surface area contributed by atoms with Crippen molar-refractivity contribution in [1.29, 1.82) is 0 Å². The first kappa shape index (κ1) is 22.8. The third-order valence-corrected chi connectivity index (χ3v) is 7.59. The van der Waals surface area contributed by atoms with Gasteiger partial charge in [0.05, 0.1) is 15.9 Å². The predicted octanol–water partition coefficient (Wildman–Crippen LogP) is 5.78. The zero-order valence-corrected chi connectivity index (χ0v) is 20.5. The van der Waals surface area contributed by atoms with Gasteiger partial charge >= 0.3 is 6.03 Å². The van der Waals surface area contributed by atoms with Crippen molar-refractivity contribution in [3.8, 4) is 0 Å². The summed E-state index contributed by atoms with van der Waals surface area (Å²) in [5.74, 6) is 0. The maximum atomic E-state index is 12.6. The Balaban J connectivity index is 0.000000165. The molecule has 5 aromatic rings. The number of hydrogen-bond acceptors (Lipinski definition) is 3. The molecule has 0 spiro atoms. The van der Waals surface area contributed by atoms with Crippen LogP contribution in [-0.2, 0) is 10.0 Å². The van der Waals surface area contributed by atoms with Crippen molar-refractivity contribution in [3.63, 3.8) is 0 Å². The standard InChI is InChI=1S/C14H10BrNO2S.C11H12N2O/c15-13-10-16(14-9-5-4-8-12(13)14)19(17,18)11-6-2-1-3-7-11;1-8-7-13(11(14)12-2)10-6-4-3-5-9(8)10/h1-10H;3-7H,1-2H3,(H,12,14). The van der Waals surface area contributed by atoms with E-state index in [1.54, 1.807) is 54.2 Å². The first-order chi connectivity index (χ1) is 15.8. The van der Waals surface area contributed by atoms with Gasteiger partial charge in [-0.25, -0.2) is 17.2 Å². The average Bonchev–Trinajstić information content (AvgIpc) is 3.37. The summed E-state index contributed by atoms with van der Waals surface area (Å²) >= 11 is 3.40. The minimum absolute atomic E-state index is 0.103. The molecule has 2 aromatic heterocycles. The summed E-state index contributed by atoms with van der Waals surface area (Å²) < 4.78 is 28.9. The maximum Gasteiger partial charge on any atom is 0.325 e. The quantitative estimate of drug-likeness (QED) is 0.318. The molecule has 0 fully saturated rings. The van der Waals surface area contributed by atoms with Crippen molar-refractivity contribution in [1.82, 2.24) is 13.9 Å². The smallest absolute Gasteiger partial charge is 0.325 e. The number of fused-ring (bicyclic) bond motifs is 2. The van der Waals surface area contributed by atoms with Crippen molar-refractivity contribution in [2.45, 2.75) is 11.8 Å². The Morgan fingerprint density at radius 1 is 0.818 bits per heavy atom. The van der Waals surface area contributed by atoms with E-state index in [4.69, 9.17) is 0 Å². The van der Waals surface area contributed by atoms with Crippen LogP contribution in [0.1, 0.15) is 5.56 Å². The molecule has 8 heteroatoms. The van der Waals surface area contributed by atoms with E-state index in [1.165, 1.54) is 3.97 Å². The number of hydrogen-bond donors (Lipinski definition) is 1. The molecular formula is C25H22BrN3O3S. The zero-order chi connectivity index (χ0) is 23.6. The van der Waals surface area contributed by atoms with Gasteiger partial charge in [-0.2, -0.15) is 0 Å². The van der Waals surface area contributed by atoms with Crippen LogP contribution in [0.2, 0.25) is 0 Å². The van der Waals surface area contributed by atoms with Gasteiger partial charge in [0.25, 0.3) is 10.0 Å². The van der Waals surface area contributed by atoms with E-state index in [-0.39, 0.29) is 10.9 Å². The van der Waals surface area contributed by atoms with Crippen LogP contribution in [0.3, 0.4) is 0 Å². The normalized spacial score (nSPS) is 11.2. The zero-order valence-electron chi connectivity index (χ0n) is 18.1. The second-order valence-electron chi connectivity index (χ2n) is 7.36. The fourth-order valence-electron chi connectivity index (χ4n) is 3.65. The van der Waals surface area contributed by atoms with Crippen LogP contribution < -0.4 is 5.32 Å². The number of amides is 1. The highest BCUT2D eigenvalue weighted by atomic mass is 79.9. The maximum absolute atomic E-state index is 12.6. The van der Waals surface area contributed by atoms with Crippen LogP contribution in [0, 0.1) is 6.92 Å². The van der Waals surface area contributed by atoms with E-state index >= 15 is 0 Å². The molecule has 1 amide bonds. The first-order valence-corrected chi connectivity index (χ1v) is 12.4. The van der Waals surface area contributed by atoms with E-state index in [0.717, 1.165) is 26.3 Å². The number of aryl methyl sites for hydroxylation is 1. The minimum Gasteiger partial charge on any atom is -0.340 e. The van der Waals surface area contributed by atoms with E-state index < -0.39 is 10.0 Å². The van der Waals surface area contributed by atoms with E-state index in [9.17, 15) is 13.2 Å². The SMILES string of the molecule is CNC(=O)n1cc(C)c2ccccc21.O=S(=O)(c1ccccc1)n1cc(Br)c2ccccc21. The third-order valence-electron chi connectivity index (χ3n) is 5.27. The van der Waals surface area contributed by atoms with Crippen LogP contribution in [-0.4, -0.2) is 30.0 Å². The number of halogens is 1. The van der Waals surface area contributed by atoms with Gasteiger partial charge in [-0.05, 0) is 52.7 Å². The molecule has 168 valence electrons. The van der Waals surface area contributed by atoms with Crippen LogP contribution >= 0.6 is 15.9 Å². The van der Waals surface area contributed by atoms with Crippen molar-refractivity contribution >= 4 is 53.8 Å². The molecule has 5 rings (SSSR count). The number of carbonyl (C=O) groups is 1. The predicted molar refractivity (Wildman–Crippen MR) is 135 cm³/mol. The molecule has 3 aromatic carbocycles. The summed E-state index contributed by atoms with van der Waals surface area (Å²) in [7, 11) is -1.93. The molecule has 0 aliphatic heterocycles. The van der Waals surface area contributed by atoms with Crippen molar-refractivity contribution < 1.29 is 13.2 Å². The summed E-state index contributed by atoms with van der Waals surface area (Å²) in [4.78, 5) is 11.8. The molecule has 0 bridgehead atoms. The summed E-state index contributed by atoms with van der Waals surface area (Å²) in [6.45, 7) is 2.00. The average molecular weight is 524 g/mol. The minimum atomic E-state index is -3.56. The summed E-state index contributed by atoms with van der Waals surface area (Å²) in [6.07, 6.45) is 3.44. The lowest BCUT2D eigenvalue weighted by Crippen LogP contribution is -2.23. The summed E-state index contributed by atoms with van der Waals surface area (Å²) in [5.41, 5.74) is 2.73. The second kappa shape index (κ2) is 9.25. The Bertz CT molecular complexity index is 1550. The molecule has 2 heterocycles. The molecule has 0 radical (unpaired) electrons. The Hall–Kier alpha value is -3.36. The molecule has 0 atom stereocenters. The number of rotatable bonds is 2. The molecule has 1 N–H and O–H groups in total. The highest BCUT2D eigenvalue weighted by Gasteiger charge is 2.19. The molecule has 33 heavy (non-hydrogen) atoms. The van der Waals surface area contributed by atoms with Crippen molar-refractivity contribution in [3.05, 3.63) is 101 Å². The van der Waals surface area contributed by atoms with E-state index in [2.05, 4.69) is 21.2 Å². The molecule has 0 saturated heterocycles. The first-order valence-electron chi connectivity index (χ1n) is 10.2. The van der Waals surface area contributed by atoms with Gasteiger partial charge < -0.3 is 5.32 Å². The summed E-state index contributed by atoms with van der Waals surface area (Å²) in [6, 6.07) is 23.6. The number of aromatic nitrogens is 2. The van der Waals surface area contributed by atoms with Crippen molar-refractivity contribution in [2.75, 3.05) is 7.05 Å². The summed E-state index contributed by atoms with van der Waals surface area (Å²) in [5, 5.41) is 4.61. The fourth-order valence-corrected chi connectivity index (χ4v) is 5.72. The number of benzene rings is 3.